The Morgan fingerprint density at radius 1 is 1.26 bits per heavy atom. The van der Waals surface area contributed by atoms with Crippen LogP contribution in [0, 0.1) is 6.92 Å². The number of nitrogens with zero attached hydrogens (tertiary/aromatic N) is 2. The summed E-state index contributed by atoms with van der Waals surface area (Å²) in [6.07, 6.45) is 3.00. The van der Waals surface area contributed by atoms with Crippen LogP contribution in [-0.2, 0) is 13.0 Å². The first-order valence-corrected chi connectivity index (χ1v) is 9.88. The van der Waals surface area contributed by atoms with Gasteiger partial charge in [0, 0.05) is 29.8 Å². The van der Waals surface area contributed by atoms with E-state index in [0.717, 1.165) is 36.2 Å². The predicted molar refractivity (Wildman–Crippen MR) is 102 cm³/mol. The summed E-state index contributed by atoms with van der Waals surface area (Å²) in [6, 6.07) is 8.55. The highest BCUT2D eigenvalue weighted by Crippen LogP contribution is 2.15. The third-order valence-corrected chi connectivity index (χ3v) is 4.83. The number of hydrogen-bond acceptors (Lipinski definition) is 4. The number of aliphatic imine (C=N–C) groups is 1. The van der Waals surface area contributed by atoms with Crippen molar-refractivity contribution in [2.75, 3.05) is 19.3 Å². The smallest absolute Gasteiger partial charge is 0.191 e. The summed E-state index contributed by atoms with van der Waals surface area (Å²) >= 11 is 3.45. The van der Waals surface area contributed by atoms with E-state index in [1.807, 2.05) is 6.92 Å². The minimum atomic E-state index is 0.680. The number of hydrogen-bond donors (Lipinski definition) is 2. The Morgan fingerprint density at radius 2 is 2.04 bits per heavy atom. The van der Waals surface area contributed by atoms with Crippen molar-refractivity contribution in [3.63, 3.8) is 0 Å². The molecule has 2 aromatic rings. The SMILES string of the molecule is CCNC(=NCc1ccc(SC)cc1)NCCc1csc(C)n1. The summed E-state index contributed by atoms with van der Waals surface area (Å²) < 4.78 is 0. The number of aromatic nitrogens is 1. The molecular formula is C17H24N4S2. The summed E-state index contributed by atoms with van der Waals surface area (Å²) in [7, 11) is 0. The minimum absolute atomic E-state index is 0.680. The Balaban J connectivity index is 1.85. The van der Waals surface area contributed by atoms with E-state index in [-0.39, 0.29) is 0 Å². The van der Waals surface area contributed by atoms with Gasteiger partial charge in [0.15, 0.2) is 5.96 Å². The molecule has 0 saturated carbocycles. The quantitative estimate of drug-likeness (QED) is 0.457. The summed E-state index contributed by atoms with van der Waals surface area (Å²) in [6.45, 7) is 6.48. The normalized spacial score (nSPS) is 11.5. The lowest BCUT2D eigenvalue weighted by atomic mass is 10.2. The summed E-state index contributed by atoms with van der Waals surface area (Å²) in [5.74, 6) is 0.855. The fourth-order valence-electron chi connectivity index (χ4n) is 2.08. The van der Waals surface area contributed by atoms with Crippen LogP contribution in [0.25, 0.3) is 0 Å². The molecule has 6 heteroatoms. The lowest BCUT2D eigenvalue weighted by molar-refractivity contribution is 0.790. The van der Waals surface area contributed by atoms with E-state index in [0.29, 0.717) is 6.54 Å². The molecule has 0 aliphatic rings. The standard InChI is InChI=1S/C17H24N4S2/c1-4-18-17(19-10-9-15-12-23-13(2)21-15)20-11-14-5-7-16(22-3)8-6-14/h5-8,12H,4,9-11H2,1-3H3,(H2,18,19,20). The summed E-state index contributed by atoms with van der Waals surface area (Å²) in [5.41, 5.74) is 2.36. The molecule has 0 fully saturated rings. The Morgan fingerprint density at radius 3 is 2.65 bits per heavy atom. The van der Waals surface area contributed by atoms with E-state index in [9.17, 15) is 0 Å². The minimum Gasteiger partial charge on any atom is -0.357 e. The molecule has 1 heterocycles. The molecule has 1 aromatic heterocycles. The number of thioether (sulfide) groups is 1. The van der Waals surface area contributed by atoms with E-state index >= 15 is 0 Å². The van der Waals surface area contributed by atoms with Gasteiger partial charge in [0.05, 0.1) is 17.2 Å². The highest BCUT2D eigenvalue weighted by molar-refractivity contribution is 7.98. The maximum atomic E-state index is 4.65. The van der Waals surface area contributed by atoms with E-state index in [4.69, 9.17) is 0 Å². The Hall–Kier alpha value is -1.53. The van der Waals surface area contributed by atoms with E-state index in [1.165, 1.54) is 10.5 Å². The Kier molecular flexibility index (Phi) is 7.42. The molecule has 2 N–H and O–H groups in total. The van der Waals surface area contributed by atoms with Gasteiger partial charge < -0.3 is 10.6 Å². The van der Waals surface area contributed by atoms with Crippen LogP contribution in [0.3, 0.4) is 0 Å². The fourth-order valence-corrected chi connectivity index (χ4v) is 3.13. The number of rotatable bonds is 7. The van der Waals surface area contributed by atoms with Crippen molar-refractivity contribution < 1.29 is 0 Å². The molecule has 0 aliphatic carbocycles. The van der Waals surface area contributed by atoms with Crippen LogP contribution in [0.2, 0.25) is 0 Å². The second-order valence-corrected chi connectivity index (χ2v) is 7.02. The van der Waals surface area contributed by atoms with Gasteiger partial charge >= 0.3 is 0 Å². The molecule has 1 aromatic carbocycles. The van der Waals surface area contributed by atoms with Gasteiger partial charge in [-0.05, 0) is 37.8 Å². The lowest BCUT2D eigenvalue weighted by Crippen LogP contribution is -2.38. The van der Waals surface area contributed by atoms with Gasteiger partial charge in [0.1, 0.15) is 0 Å². The van der Waals surface area contributed by atoms with Crippen LogP contribution < -0.4 is 10.6 Å². The van der Waals surface area contributed by atoms with Crippen LogP contribution in [0.1, 0.15) is 23.2 Å². The van der Waals surface area contributed by atoms with Gasteiger partial charge in [-0.3, -0.25) is 0 Å². The second kappa shape index (κ2) is 9.57. The average molecular weight is 349 g/mol. The van der Waals surface area contributed by atoms with Crippen LogP contribution in [-0.4, -0.2) is 30.3 Å². The highest BCUT2D eigenvalue weighted by atomic mass is 32.2. The van der Waals surface area contributed by atoms with Crippen molar-refractivity contribution in [2.45, 2.75) is 31.7 Å². The first-order chi connectivity index (χ1) is 11.2. The molecule has 23 heavy (non-hydrogen) atoms. The lowest BCUT2D eigenvalue weighted by Gasteiger charge is -2.10. The molecule has 0 unspecified atom stereocenters. The van der Waals surface area contributed by atoms with Gasteiger partial charge in [-0.25, -0.2) is 9.98 Å². The maximum absolute atomic E-state index is 4.65. The van der Waals surface area contributed by atoms with Gasteiger partial charge in [-0.15, -0.1) is 23.1 Å². The van der Waals surface area contributed by atoms with Crippen molar-refractivity contribution in [1.82, 2.24) is 15.6 Å². The van der Waals surface area contributed by atoms with E-state index < -0.39 is 0 Å². The first kappa shape index (κ1) is 17.8. The molecule has 0 atom stereocenters. The number of thiazole rings is 1. The van der Waals surface area contributed by atoms with Crippen molar-refractivity contribution in [3.05, 3.63) is 45.9 Å². The number of nitrogens with one attached hydrogen (secondary N) is 2. The predicted octanol–water partition coefficient (Wildman–Crippen LogP) is 3.47. The van der Waals surface area contributed by atoms with Crippen molar-refractivity contribution in [3.8, 4) is 0 Å². The van der Waals surface area contributed by atoms with Gasteiger partial charge in [-0.1, -0.05) is 12.1 Å². The summed E-state index contributed by atoms with van der Waals surface area (Å²) in [5, 5.41) is 9.89. The monoisotopic (exact) mass is 348 g/mol. The van der Waals surface area contributed by atoms with Crippen LogP contribution >= 0.6 is 23.1 Å². The second-order valence-electron chi connectivity index (χ2n) is 5.08. The number of benzene rings is 1. The molecular weight excluding hydrogens is 324 g/mol. The van der Waals surface area contributed by atoms with Crippen molar-refractivity contribution >= 4 is 29.1 Å². The topological polar surface area (TPSA) is 49.3 Å². The largest absolute Gasteiger partial charge is 0.357 e. The highest BCUT2D eigenvalue weighted by Gasteiger charge is 2.01. The molecule has 4 nitrogen and oxygen atoms in total. The summed E-state index contributed by atoms with van der Waals surface area (Å²) in [4.78, 5) is 10.4. The van der Waals surface area contributed by atoms with Crippen LogP contribution in [0.4, 0.5) is 0 Å². The molecule has 0 saturated heterocycles. The zero-order chi connectivity index (χ0) is 16.5. The molecule has 0 amide bonds. The zero-order valence-electron chi connectivity index (χ0n) is 13.9. The van der Waals surface area contributed by atoms with E-state index in [1.54, 1.807) is 23.1 Å². The van der Waals surface area contributed by atoms with Crippen LogP contribution in [0.15, 0.2) is 39.5 Å². The van der Waals surface area contributed by atoms with Crippen molar-refractivity contribution in [1.29, 1.82) is 0 Å². The molecule has 0 aliphatic heterocycles. The molecule has 124 valence electrons. The van der Waals surface area contributed by atoms with Gasteiger partial charge in [0.2, 0.25) is 0 Å². The maximum Gasteiger partial charge on any atom is 0.191 e. The molecule has 2 rings (SSSR count). The number of guanidine groups is 1. The van der Waals surface area contributed by atoms with Crippen molar-refractivity contribution in [2.24, 2.45) is 4.99 Å². The third kappa shape index (κ3) is 6.23. The number of aryl methyl sites for hydroxylation is 1. The average Bonchev–Trinajstić information content (AvgIpc) is 2.98. The van der Waals surface area contributed by atoms with Gasteiger partial charge in [0.25, 0.3) is 0 Å². The Bertz CT molecular complexity index is 620. The molecule has 0 spiro atoms. The van der Waals surface area contributed by atoms with E-state index in [2.05, 4.69) is 63.4 Å². The first-order valence-electron chi connectivity index (χ1n) is 7.77. The van der Waals surface area contributed by atoms with Gasteiger partial charge in [-0.2, -0.15) is 0 Å². The zero-order valence-corrected chi connectivity index (χ0v) is 15.6. The van der Waals surface area contributed by atoms with Crippen LogP contribution in [0.5, 0.6) is 0 Å². The Labute approximate surface area is 146 Å². The third-order valence-electron chi connectivity index (χ3n) is 3.26. The molecule has 0 radical (unpaired) electrons. The molecule has 0 bridgehead atoms. The fraction of sp³-hybridized carbons (Fsp3) is 0.412.